The highest BCUT2D eigenvalue weighted by Crippen LogP contribution is 2.27. The molecule has 0 saturated heterocycles. The van der Waals surface area contributed by atoms with Crippen LogP contribution in [0.25, 0.3) is 32.7 Å². The molecule has 1 unspecified atom stereocenters. The van der Waals surface area contributed by atoms with Crippen molar-refractivity contribution in [2.75, 3.05) is 33.0 Å². The van der Waals surface area contributed by atoms with Crippen LogP contribution in [-0.2, 0) is 11.4 Å². The molecule has 6 aromatic carbocycles. The third kappa shape index (κ3) is 44.4. The van der Waals surface area contributed by atoms with E-state index in [0.717, 1.165) is 134 Å². The van der Waals surface area contributed by atoms with Gasteiger partial charge in [-0.3, -0.25) is 29.0 Å². The zero-order chi connectivity index (χ0) is 106. The van der Waals surface area contributed by atoms with Crippen molar-refractivity contribution in [3.05, 3.63) is 409 Å². The van der Waals surface area contributed by atoms with Crippen molar-refractivity contribution in [3.8, 4) is 5.75 Å². The van der Waals surface area contributed by atoms with Crippen molar-refractivity contribution in [3.63, 3.8) is 0 Å². The first kappa shape index (κ1) is 118. The van der Waals surface area contributed by atoms with E-state index in [0.29, 0.717) is 18.1 Å². The Morgan fingerprint density at radius 1 is 0.307 bits per heavy atom. The number of aromatic nitrogens is 9. The Balaban J connectivity index is 0.000000173. The van der Waals surface area contributed by atoms with Gasteiger partial charge in [-0.25, -0.2) is 14.4 Å². The fourth-order valence-corrected chi connectivity index (χ4v) is 17.8. The summed E-state index contributed by atoms with van der Waals surface area (Å²) in [6.45, 7) is 29.9. The maximum Gasteiger partial charge on any atom is 0.411 e. The molecule has 150 heavy (non-hydrogen) atoms. The summed E-state index contributed by atoms with van der Waals surface area (Å²) in [6.07, 6.45) is 57.0. The predicted octanol–water partition coefficient (Wildman–Crippen LogP) is 24.2. The van der Waals surface area contributed by atoms with Gasteiger partial charge in [0.2, 0.25) is 95.7 Å². The molecule has 794 valence electrons. The lowest BCUT2D eigenvalue weighted by atomic mass is 9.89. The Hall–Kier alpha value is -14.0. The molecule has 9 aromatic heterocycles. The van der Waals surface area contributed by atoms with Crippen LogP contribution in [-0.4, -0.2) is 45.0 Å². The van der Waals surface area contributed by atoms with E-state index in [1.807, 2.05) is 263 Å². The maximum atomic E-state index is 12.0. The molecule has 18 rings (SSSR count). The maximum absolute atomic E-state index is 12.0. The number of fused-ring (bicyclic) bond motifs is 3. The number of hydrogen-bond acceptors (Lipinski definition) is 11. The molecule has 0 bridgehead atoms. The van der Waals surface area contributed by atoms with E-state index < -0.39 is 0 Å². The largest absolute Gasteiger partial charge is 0.411 e. The van der Waals surface area contributed by atoms with E-state index in [1.165, 1.54) is 204 Å². The van der Waals surface area contributed by atoms with Gasteiger partial charge >= 0.3 is 11.9 Å². The molecule has 1 atom stereocenters. The number of para-hydroxylation sites is 4. The number of rotatable bonds is 38. The van der Waals surface area contributed by atoms with Crippen LogP contribution in [0.5, 0.6) is 5.75 Å². The molecule has 3 saturated carbocycles. The number of nitrogens with zero attached hydrogens (tertiary/aromatic N) is 9. The van der Waals surface area contributed by atoms with Gasteiger partial charge in [-0.05, 0) is 210 Å². The van der Waals surface area contributed by atoms with Crippen LogP contribution in [0, 0.1) is 79.1 Å². The lowest BCUT2D eigenvalue weighted by Crippen LogP contribution is -2.50. The Kier molecular flexibility index (Phi) is 55.1. The topological polar surface area (TPSA) is 152 Å². The Morgan fingerprint density at radius 2 is 0.700 bits per heavy atom. The number of pyridine rings is 9. The van der Waals surface area contributed by atoms with Crippen molar-refractivity contribution < 1.29 is 95.7 Å². The first-order valence-corrected chi connectivity index (χ1v) is 55.6. The Morgan fingerprint density at radius 3 is 1.19 bits per heavy atom. The normalized spacial score (nSPS) is 12.8. The Bertz CT molecular complexity index is 6230. The van der Waals surface area contributed by atoms with Crippen molar-refractivity contribution in [2.24, 2.45) is 23.7 Å². The van der Waals surface area contributed by atoms with Gasteiger partial charge in [-0.1, -0.05) is 253 Å². The van der Waals surface area contributed by atoms with Crippen molar-refractivity contribution >= 4 is 44.6 Å². The lowest BCUT2D eigenvalue weighted by Gasteiger charge is -2.19. The van der Waals surface area contributed by atoms with Gasteiger partial charge < -0.3 is 0 Å². The highest BCUT2D eigenvalue weighted by molar-refractivity contribution is 5.89. The van der Waals surface area contributed by atoms with Crippen LogP contribution in [0.15, 0.2) is 353 Å². The molecule has 3 aliphatic carbocycles. The first-order valence-electron chi connectivity index (χ1n) is 55.6. The number of benzene rings is 6. The Labute approximate surface area is 895 Å². The fourth-order valence-electron chi connectivity index (χ4n) is 17.8. The second kappa shape index (κ2) is 70.1. The highest BCUT2D eigenvalue weighted by atomic mass is 16.7. The van der Waals surface area contributed by atoms with Gasteiger partial charge in [0.15, 0.2) is 39.6 Å². The van der Waals surface area contributed by atoms with Crippen LogP contribution in [0.1, 0.15) is 288 Å². The van der Waals surface area contributed by atoms with Gasteiger partial charge in [0.25, 0.3) is 16.6 Å². The summed E-state index contributed by atoms with van der Waals surface area (Å²) in [5.41, 5.74) is 13.9. The lowest BCUT2D eigenvalue weighted by molar-refractivity contribution is -0.900. The third-order valence-corrected chi connectivity index (χ3v) is 26.9. The van der Waals surface area contributed by atoms with Gasteiger partial charge in [0, 0.05) is 193 Å². The minimum absolute atomic E-state index is 0.0818. The number of carbonyl (C=O) groups is 2. The molecule has 0 aliphatic heterocycles. The molecular formula is C130H172N9O11+9. The van der Waals surface area contributed by atoms with Crippen LogP contribution in [0.3, 0.4) is 0 Å². The monoisotopic (exact) mass is 2040 g/mol. The molecule has 20 nitrogen and oxygen atoms in total. The summed E-state index contributed by atoms with van der Waals surface area (Å²) < 4.78 is 16.0. The average Bonchev–Trinajstić information content (AvgIpc) is 0.832. The molecule has 9 heterocycles. The first-order chi connectivity index (χ1) is 73.4. The molecule has 0 radical (unpaired) electrons. The second-order valence-corrected chi connectivity index (χ2v) is 39.4. The predicted molar refractivity (Wildman–Crippen MR) is 595 cm³/mol. The summed E-state index contributed by atoms with van der Waals surface area (Å²) in [7, 11) is 0. The van der Waals surface area contributed by atoms with E-state index >= 15 is 0 Å². The van der Waals surface area contributed by atoms with Crippen molar-refractivity contribution in [2.45, 2.75) is 289 Å². The molecule has 0 N–H and O–H groups in total. The van der Waals surface area contributed by atoms with Gasteiger partial charge in [-0.2, -0.15) is 9.68 Å². The highest BCUT2D eigenvalue weighted by Gasteiger charge is 2.28. The van der Waals surface area contributed by atoms with E-state index in [4.69, 9.17) is 43.5 Å². The molecule has 0 amide bonds. The summed E-state index contributed by atoms with van der Waals surface area (Å²) in [5.74, 6) is 2.68. The van der Waals surface area contributed by atoms with Gasteiger partial charge in [0.05, 0.1) is 27.6 Å². The van der Waals surface area contributed by atoms with E-state index in [9.17, 15) is 9.59 Å². The summed E-state index contributed by atoms with van der Waals surface area (Å²) in [6, 6.07) is 98.0. The smallest absolute Gasteiger partial charge is 0.271 e. The molecule has 15 aromatic rings. The molecule has 0 spiro atoms. The number of aryl methyl sites for hydroxylation is 8. The molecule has 3 aliphatic rings. The van der Waals surface area contributed by atoms with Crippen LogP contribution in [0.4, 0.5) is 0 Å². The van der Waals surface area contributed by atoms with Crippen molar-refractivity contribution in [1.29, 1.82) is 0 Å². The minimum Gasteiger partial charge on any atom is -0.271 e. The summed E-state index contributed by atoms with van der Waals surface area (Å²) in [4.78, 5) is 74.9. The van der Waals surface area contributed by atoms with Crippen molar-refractivity contribution in [1.82, 2.24) is 0 Å². The molecular weight excluding hydrogens is 1860 g/mol. The van der Waals surface area contributed by atoms with Gasteiger partial charge in [0.1, 0.15) is 0 Å². The number of unbranched alkanes of at least 4 members (excludes halogenated alkanes) is 11. The molecule has 3 fully saturated rings. The quantitative estimate of drug-likeness (QED) is 0.0268. The number of carbonyl (C=O) groups excluding carboxylic acids is 2. The standard InChI is InChI=1S/C17H24NO.C16H20NO.C16H14NO.C14H20NO2.C14H22NO.2C14H24NO.C13H12NO2.C12H12NO/c1-2-3-4-5-6-9-15-19-18-14-10-12-16-11-7-8-13-17(16)18;2*1-2-7-14(8-3-1)13-18-17-12-6-10-15-9-4-5-11-16(15)17;1-11-8-9-15(12(2)10-11)17-14(16)13-6-4-3-5-7-13;1-12-7-6-8-13(2)15(12)16-11-14-9-4-3-5-10-14;1-4-6-10-14(5-2)12-16-15-11-8-7-9-13(15)3;1-3-4-5-6-7-10-13-16-15-12-9-8-11-14(15)2;1-11-7-5-6-10-14(11)16-13(15)12-8-3-2-4-9-12;1-11-7-9-13(10-8-11)14-12-5-3-2-4-6-12/h7-8,10-14H,2-6,9,15H2,1H3;4-6,9-12,14H,1-3,7-8,13H2;1-12H,13H2;8-10,13H,3-7H2,1-2H3;6-8,14H,3-5,9-11H2,1-2H3;7-9,11,14H,4-6,10,12H2,1-3H3;8-9,11-12H,3-7,10,13H2,1-2H3;2-10H,1H3;2-10H,1H3/q9*+1. The summed E-state index contributed by atoms with van der Waals surface area (Å²) >= 11 is 0. The zero-order valence-electron chi connectivity index (χ0n) is 92.0. The third-order valence-electron chi connectivity index (χ3n) is 26.9. The minimum atomic E-state index is -0.361. The van der Waals surface area contributed by atoms with Crippen LogP contribution < -0.4 is 86.1 Å². The summed E-state index contributed by atoms with van der Waals surface area (Å²) in [5, 5.41) is 3.62. The van der Waals surface area contributed by atoms with E-state index in [1.54, 1.807) is 39.9 Å². The van der Waals surface area contributed by atoms with E-state index in [2.05, 4.69) is 171 Å². The zero-order valence-corrected chi connectivity index (χ0v) is 92.0. The second-order valence-electron chi connectivity index (χ2n) is 39.4. The van der Waals surface area contributed by atoms with Crippen LogP contribution in [0.2, 0.25) is 0 Å². The molecule has 20 heteroatoms. The van der Waals surface area contributed by atoms with Crippen LogP contribution >= 0.6 is 0 Å². The van der Waals surface area contributed by atoms with E-state index in [-0.39, 0.29) is 17.9 Å². The SMILES string of the molecule is CCCCC(CC)CO[n+]1ccccc1C.CCCCCCCCO[n+]1cccc2ccccc21.CCCCCCCCO[n+]1ccccc1C.Cc1cc[n+](OC(=O)C2CCCCC2)c(C)c1.Cc1cc[n+](Oc2ccccc2)cc1.Cc1cccc(C)[n+]1OCC1CCCCC1.Cc1cccc[n+]1OC(=O)c1ccccc1.c1ccc(CO[n+]2cccc3ccccc32)cc1.c1ccc2c(c1)ccc[n+]2OCC1CCCCC1. The number of hydrogen-bond donors (Lipinski definition) is 0. The van der Waals surface area contributed by atoms with Gasteiger partial charge in [-0.15, -0.1) is 0 Å². The fraction of sp³-hybridized carbons (Fsp3) is 0.408. The average molecular weight is 2040 g/mol.